The Kier molecular flexibility index (Phi) is 2.77. The summed E-state index contributed by atoms with van der Waals surface area (Å²) < 4.78 is 37.9. The molecule has 0 spiro atoms. The fourth-order valence-electron chi connectivity index (χ4n) is 1.36. The molecule has 0 aliphatic carbocycles. The molecule has 0 aromatic carbocycles. The third-order valence-electron chi connectivity index (χ3n) is 2.12. The number of halogens is 3. The summed E-state index contributed by atoms with van der Waals surface area (Å²) >= 11 is 0. The monoisotopic (exact) mass is 257 g/mol. The van der Waals surface area contributed by atoms with Gasteiger partial charge in [0.05, 0.1) is 5.69 Å². The molecule has 8 heteroatoms. The van der Waals surface area contributed by atoms with Gasteiger partial charge >= 0.3 is 12.1 Å². The van der Waals surface area contributed by atoms with Crippen LogP contribution in [-0.2, 0) is 6.18 Å². The molecule has 2 rings (SSSR count). The molecule has 94 valence electrons. The minimum Gasteiger partial charge on any atom is -0.476 e. The number of rotatable bonds is 2. The molecule has 0 aliphatic heterocycles. The largest absolute Gasteiger partial charge is 0.476 e. The maximum atomic E-state index is 12.4. The lowest BCUT2D eigenvalue weighted by Crippen LogP contribution is -2.10. The number of hydrogen-bond acceptors (Lipinski definition) is 3. The predicted octanol–water partition coefficient (Wildman–Crippen LogP) is 1.98. The fourth-order valence-corrected chi connectivity index (χ4v) is 1.36. The summed E-state index contributed by atoms with van der Waals surface area (Å²) in [6, 6.07) is 3.50. The molecule has 0 atom stereocenters. The highest BCUT2D eigenvalue weighted by Crippen LogP contribution is 2.28. The van der Waals surface area contributed by atoms with E-state index in [2.05, 4.69) is 10.1 Å². The highest BCUT2D eigenvalue weighted by Gasteiger charge is 2.33. The normalized spacial score (nSPS) is 11.5. The van der Waals surface area contributed by atoms with Crippen LogP contribution in [0.4, 0.5) is 13.2 Å². The molecule has 0 fully saturated rings. The number of aromatic nitrogens is 3. The Labute approximate surface area is 98.5 Å². The van der Waals surface area contributed by atoms with Crippen LogP contribution in [0.5, 0.6) is 0 Å². The van der Waals surface area contributed by atoms with E-state index < -0.39 is 17.8 Å². The topological polar surface area (TPSA) is 68.0 Å². The zero-order valence-electron chi connectivity index (χ0n) is 8.72. The lowest BCUT2D eigenvalue weighted by Gasteiger charge is -2.05. The fraction of sp³-hybridized carbons (Fsp3) is 0.100. The van der Waals surface area contributed by atoms with E-state index in [1.807, 2.05) is 0 Å². The van der Waals surface area contributed by atoms with Crippen LogP contribution < -0.4 is 0 Å². The number of nitrogens with zero attached hydrogens (tertiary/aromatic N) is 3. The maximum absolute atomic E-state index is 12.4. The Morgan fingerprint density at radius 2 is 2.06 bits per heavy atom. The van der Waals surface area contributed by atoms with Crippen LogP contribution in [0.2, 0.25) is 0 Å². The lowest BCUT2D eigenvalue weighted by molar-refractivity contribution is -0.141. The summed E-state index contributed by atoms with van der Waals surface area (Å²) in [4.78, 5) is 14.5. The van der Waals surface area contributed by atoms with E-state index in [9.17, 15) is 18.0 Å². The predicted molar refractivity (Wildman–Crippen MR) is 53.3 cm³/mol. The standard InChI is InChI=1S/C10H6F3N3O2/c11-10(12,13)7-3-5-16(15-7)6-2-1-4-14-8(6)9(17)18/h1-5H,(H,17,18). The van der Waals surface area contributed by atoms with Crippen molar-refractivity contribution in [2.24, 2.45) is 0 Å². The van der Waals surface area contributed by atoms with Crippen molar-refractivity contribution in [1.82, 2.24) is 14.8 Å². The Morgan fingerprint density at radius 1 is 1.33 bits per heavy atom. The van der Waals surface area contributed by atoms with E-state index >= 15 is 0 Å². The molecule has 0 aliphatic rings. The second-order valence-electron chi connectivity index (χ2n) is 3.32. The van der Waals surface area contributed by atoms with Crippen LogP contribution in [0.1, 0.15) is 16.2 Å². The Hall–Kier alpha value is -2.38. The summed E-state index contributed by atoms with van der Waals surface area (Å²) in [5, 5.41) is 12.2. The van der Waals surface area contributed by atoms with Gasteiger partial charge < -0.3 is 5.11 Å². The number of carboxylic acids is 1. The Bertz CT molecular complexity index is 592. The van der Waals surface area contributed by atoms with Crippen LogP contribution in [0, 0.1) is 0 Å². The van der Waals surface area contributed by atoms with Gasteiger partial charge in [-0.25, -0.2) is 14.5 Å². The quantitative estimate of drug-likeness (QED) is 0.893. The smallest absolute Gasteiger partial charge is 0.435 e. The summed E-state index contributed by atoms with van der Waals surface area (Å²) in [6.07, 6.45) is -2.30. The van der Waals surface area contributed by atoms with Gasteiger partial charge in [-0.3, -0.25) is 0 Å². The van der Waals surface area contributed by atoms with Crippen molar-refractivity contribution in [1.29, 1.82) is 0 Å². The molecule has 0 amide bonds. The number of carbonyl (C=O) groups is 1. The van der Waals surface area contributed by atoms with E-state index in [0.717, 1.165) is 16.9 Å². The first kappa shape index (κ1) is 12.1. The van der Waals surface area contributed by atoms with E-state index in [4.69, 9.17) is 5.11 Å². The molecule has 0 unspecified atom stereocenters. The van der Waals surface area contributed by atoms with Crippen molar-refractivity contribution >= 4 is 5.97 Å². The highest BCUT2D eigenvalue weighted by molar-refractivity contribution is 5.89. The molecule has 18 heavy (non-hydrogen) atoms. The van der Waals surface area contributed by atoms with Crippen LogP contribution >= 0.6 is 0 Å². The SMILES string of the molecule is O=C(O)c1ncccc1-n1ccc(C(F)(F)F)n1. The summed E-state index contributed by atoms with van der Waals surface area (Å²) in [7, 11) is 0. The van der Waals surface area contributed by atoms with Crippen LogP contribution in [0.25, 0.3) is 5.69 Å². The van der Waals surface area contributed by atoms with Gasteiger partial charge in [-0.05, 0) is 18.2 Å². The number of carboxylic acid groups (broad SMARTS) is 1. The zero-order valence-corrected chi connectivity index (χ0v) is 8.72. The van der Waals surface area contributed by atoms with Gasteiger partial charge in [0.2, 0.25) is 0 Å². The van der Waals surface area contributed by atoms with Crippen molar-refractivity contribution < 1.29 is 23.1 Å². The van der Waals surface area contributed by atoms with E-state index in [1.165, 1.54) is 18.3 Å². The average molecular weight is 257 g/mol. The second kappa shape index (κ2) is 4.13. The molecule has 2 heterocycles. The summed E-state index contributed by atoms with van der Waals surface area (Å²) in [5.74, 6) is -1.34. The first-order valence-corrected chi connectivity index (χ1v) is 4.71. The summed E-state index contributed by atoms with van der Waals surface area (Å²) in [6.45, 7) is 0. The summed E-state index contributed by atoms with van der Waals surface area (Å²) in [5.41, 5.74) is -1.49. The van der Waals surface area contributed by atoms with Crippen molar-refractivity contribution in [2.75, 3.05) is 0 Å². The molecule has 0 saturated heterocycles. The van der Waals surface area contributed by atoms with Gasteiger partial charge in [-0.1, -0.05) is 0 Å². The number of alkyl halides is 3. The van der Waals surface area contributed by atoms with Crippen molar-refractivity contribution in [3.05, 3.63) is 42.0 Å². The van der Waals surface area contributed by atoms with E-state index in [-0.39, 0.29) is 11.4 Å². The van der Waals surface area contributed by atoms with Gasteiger partial charge in [0.25, 0.3) is 0 Å². The van der Waals surface area contributed by atoms with Crippen LogP contribution in [0.15, 0.2) is 30.6 Å². The molecule has 0 saturated carbocycles. The molecular formula is C10H6F3N3O2. The third-order valence-corrected chi connectivity index (χ3v) is 2.12. The van der Waals surface area contributed by atoms with Crippen molar-refractivity contribution in [2.45, 2.75) is 6.18 Å². The Balaban J connectivity index is 2.50. The Morgan fingerprint density at radius 3 is 2.61 bits per heavy atom. The van der Waals surface area contributed by atoms with Gasteiger partial charge in [0.1, 0.15) is 0 Å². The first-order chi connectivity index (χ1) is 8.39. The van der Waals surface area contributed by atoms with Gasteiger partial charge in [-0.15, -0.1) is 0 Å². The van der Waals surface area contributed by atoms with E-state index in [0.29, 0.717) is 0 Å². The van der Waals surface area contributed by atoms with Crippen molar-refractivity contribution in [3.8, 4) is 5.69 Å². The minimum atomic E-state index is -4.57. The highest BCUT2D eigenvalue weighted by atomic mass is 19.4. The zero-order chi connectivity index (χ0) is 13.3. The average Bonchev–Trinajstić information content (AvgIpc) is 2.77. The van der Waals surface area contributed by atoms with Crippen LogP contribution in [0.3, 0.4) is 0 Å². The molecule has 0 bridgehead atoms. The molecule has 0 radical (unpaired) electrons. The number of pyridine rings is 1. The first-order valence-electron chi connectivity index (χ1n) is 4.71. The molecule has 2 aromatic heterocycles. The van der Waals surface area contributed by atoms with Crippen LogP contribution in [-0.4, -0.2) is 25.8 Å². The molecule has 5 nitrogen and oxygen atoms in total. The molecular weight excluding hydrogens is 251 g/mol. The second-order valence-corrected chi connectivity index (χ2v) is 3.32. The van der Waals surface area contributed by atoms with Gasteiger partial charge in [0.15, 0.2) is 11.4 Å². The molecule has 1 N–H and O–H groups in total. The third kappa shape index (κ3) is 2.17. The van der Waals surface area contributed by atoms with Gasteiger partial charge in [0, 0.05) is 12.4 Å². The van der Waals surface area contributed by atoms with Gasteiger partial charge in [-0.2, -0.15) is 18.3 Å². The lowest BCUT2D eigenvalue weighted by atomic mass is 10.3. The van der Waals surface area contributed by atoms with E-state index in [1.54, 1.807) is 0 Å². The minimum absolute atomic E-state index is 0.0273. The maximum Gasteiger partial charge on any atom is 0.435 e. The van der Waals surface area contributed by atoms with Crippen molar-refractivity contribution in [3.63, 3.8) is 0 Å². The number of aromatic carboxylic acids is 1. The molecule has 2 aromatic rings. The number of hydrogen-bond donors (Lipinski definition) is 1.